The molecule has 1 aromatic carbocycles. The number of aromatic amines is 1. The summed E-state index contributed by atoms with van der Waals surface area (Å²) >= 11 is 7.29. The van der Waals surface area contributed by atoms with Gasteiger partial charge in [0.15, 0.2) is 0 Å². The topological polar surface area (TPSA) is 44.9 Å². The van der Waals surface area contributed by atoms with Gasteiger partial charge in [-0.1, -0.05) is 41.1 Å². The van der Waals surface area contributed by atoms with E-state index in [1.165, 1.54) is 11.3 Å². The third kappa shape index (κ3) is 3.19. The van der Waals surface area contributed by atoms with Crippen molar-refractivity contribution < 1.29 is 0 Å². The van der Waals surface area contributed by atoms with Gasteiger partial charge in [0, 0.05) is 28.7 Å². The molecule has 3 nitrogen and oxygen atoms in total. The number of thiazole rings is 1. The van der Waals surface area contributed by atoms with Gasteiger partial charge in [-0.3, -0.25) is 4.79 Å². The van der Waals surface area contributed by atoms with Crippen molar-refractivity contribution in [2.75, 3.05) is 0 Å². The fraction of sp³-hybridized carbons (Fsp3) is 0.250. The van der Waals surface area contributed by atoms with E-state index in [0.29, 0.717) is 6.54 Å². The monoisotopic (exact) mass is 268 g/mol. The van der Waals surface area contributed by atoms with Gasteiger partial charge in [-0.05, 0) is 18.6 Å². The summed E-state index contributed by atoms with van der Waals surface area (Å²) < 4.78 is 0. The van der Waals surface area contributed by atoms with E-state index in [1.54, 1.807) is 0 Å². The standard InChI is InChI=1S/C12H13ClN2OS/c1-8(10-4-2-3-5-11(10)13)14-6-9-7-17-12(16)15-9/h2-5,7-8,14H,6H2,1H3,(H,15,16). The Morgan fingerprint density at radius 2 is 2.24 bits per heavy atom. The number of hydrogen-bond acceptors (Lipinski definition) is 3. The maximum Gasteiger partial charge on any atom is 0.304 e. The van der Waals surface area contributed by atoms with Crippen LogP contribution in [0.4, 0.5) is 0 Å². The van der Waals surface area contributed by atoms with Gasteiger partial charge in [0.05, 0.1) is 0 Å². The van der Waals surface area contributed by atoms with Crippen LogP contribution in [0.3, 0.4) is 0 Å². The van der Waals surface area contributed by atoms with E-state index in [9.17, 15) is 4.79 Å². The molecule has 5 heteroatoms. The molecule has 0 bridgehead atoms. The zero-order chi connectivity index (χ0) is 12.3. The van der Waals surface area contributed by atoms with Crippen LogP contribution < -0.4 is 10.2 Å². The number of benzene rings is 1. The Morgan fingerprint density at radius 3 is 2.88 bits per heavy atom. The lowest BCUT2D eigenvalue weighted by Crippen LogP contribution is -2.19. The molecule has 0 aliphatic carbocycles. The van der Waals surface area contributed by atoms with Gasteiger partial charge in [0.2, 0.25) is 0 Å². The smallest absolute Gasteiger partial charge is 0.304 e. The lowest BCUT2D eigenvalue weighted by atomic mass is 10.1. The van der Waals surface area contributed by atoms with Crippen LogP contribution in [0.25, 0.3) is 0 Å². The van der Waals surface area contributed by atoms with E-state index >= 15 is 0 Å². The first-order valence-electron chi connectivity index (χ1n) is 5.31. The molecular weight excluding hydrogens is 256 g/mol. The van der Waals surface area contributed by atoms with Gasteiger partial charge >= 0.3 is 4.87 Å². The minimum atomic E-state index is -0.0211. The fourth-order valence-corrected chi connectivity index (χ4v) is 2.48. The normalized spacial score (nSPS) is 12.6. The predicted octanol–water partition coefficient (Wildman–Crippen LogP) is 2.94. The van der Waals surface area contributed by atoms with Gasteiger partial charge in [0.25, 0.3) is 0 Å². The van der Waals surface area contributed by atoms with Crippen LogP contribution >= 0.6 is 22.9 Å². The first kappa shape index (κ1) is 12.4. The van der Waals surface area contributed by atoms with Crippen molar-refractivity contribution >= 4 is 22.9 Å². The maximum absolute atomic E-state index is 11.0. The molecule has 1 unspecified atom stereocenters. The van der Waals surface area contributed by atoms with E-state index in [-0.39, 0.29) is 10.9 Å². The average molecular weight is 269 g/mol. The molecule has 0 spiro atoms. The van der Waals surface area contributed by atoms with Crippen LogP contribution in [0, 0.1) is 0 Å². The summed E-state index contributed by atoms with van der Waals surface area (Å²) in [5.74, 6) is 0. The largest absolute Gasteiger partial charge is 0.315 e. The lowest BCUT2D eigenvalue weighted by Gasteiger charge is -2.14. The molecule has 0 fully saturated rings. The van der Waals surface area contributed by atoms with Crippen LogP contribution in [0.5, 0.6) is 0 Å². The molecule has 2 rings (SSSR count). The third-order valence-corrected chi connectivity index (χ3v) is 3.60. The molecule has 1 atom stereocenters. The molecule has 17 heavy (non-hydrogen) atoms. The van der Waals surface area contributed by atoms with E-state index in [1.807, 2.05) is 36.6 Å². The zero-order valence-electron chi connectivity index (χ0n) is 9.37. The van der Waals surface area contributed by atoms with Crippen LogP contribution in [-0.2, 0) is 6.54 Å². The average Bonchev–Trinajstić information content (AvgIpc) is 2.73. The summed E-state index contributed by atoms with van der Waals surface area (Å²) in [5, 5.41) is 5.91. The minimum Gasteiger partial charge on any atom is -0.315 e. The molecule has 1 heterocycles. The second kappa shape index (κ2) is 5.49. The van der Waals surface area contributed by atoms with Crippen LogP contribution in [0.2, 0.25) is 5.02 Å². The van der Waals surface area contributed by atoms with Crippen molar-refractivity contribution in [1.29, 1.82) is 0 Å². The van der Waals surface area contributed by atoms with Gasteiger partial charge in [-0.2, -0.15) is 0 Å². The SMILES string of the molecule is CC(NCc1csc(=O)[nH]1)c1ccccc1Cl. The zero-order valence-corrected chi connectivity index (χ0v) is 10.9. The Morgan fingerprint density at radius 1 is 1.47 bits per heavy atom. The number of hydrogen-bond donors (Lipinski definition) is 2. The molecule has 0 aliphatic rings. The maximum atomic E-state index is 11.0. The molecule has 0 aliphatic heterocycles. The van der Waals surface area contributed by atoms with Gasteiger partial charge in [0.1, 0.15) is 0 Å². The van der Waals surface area contributed by atoms with E-state index in [4.69, 9.17) is 11.6 Å². The quantitative estimate of drug-likeness (QED) is 0.896. The van der Waals surface area contributed by atoms with Crippen molar-refractivity contribution in [3.05, 3.63) is 55.6 Å². The number of nitrogens with one attached hydrogen (secondary N) is 2. The van der Waals surface area contributed by atoms with Crippen molar-refractivity contribution in [1.82, 2.24) is 10.3 Å². The first-order chi connectivity index (χ1) is 8.16. The summed E-state index contributed by atoms with van der Waals surface area (Å²) in [5.41, 5.74) is 1.96. The summed E-state index contributed by atoms with van der Waals surface area (Å²) in [4.78, 5) is 13.7. The van der Waals surface area contributed by atoms with Crippen molar-refractivity contribution in [2.45, 2.75) is 19.5 Å². The number of halogens is 1. The number of rotatable bonds is 4. The highest BCUT2D eigenvalue weighted by atomic mass is 35.5. The molecule has 90 valence electrons. The lowest BCUT2D eigenvalue weighted by molar-refractivity contribution is 0.569. The number of H-pyrrole nitrogens is 1. The molecule has 2 N–H and O–H groups in total. The highest BCUT2D eigenvalue weighted by molar-refractivity contribution is 7.07. The Kier molecular flexibility index (Phi) is 3.99. The van der Waals surface area contributed by atoms with Crippen molar-refractivity contribution in [3.8, 4) is 0 Å². The van der Waals surface area contributed by atoms with Crippen molar-refractivity contribution in [2.24, 2.45) is 0 Å². The molecule has 2 aromatic rings. The van der Waals surface area contributed by atoms with Gasteiger partial charge in [-0.25, -0.2) is 0 Å². The van der Waals surface area contributed by atoms with Gasteiger partial charge < -0.3 is 10.3 Å². The molecule has 0 saturated carbocycles. The predicted molar refractivity (Wildman–Crippen MR) is 71.6 cm³/mol. The second-order valence-corrected chi connectivity index (χ2v) is 5.05. The Labute approximate surface area is 108 Å². The van der Waals surface area contributed by atoms with E-state index in [2.05, 4.69) is 10.3 Å². The van der Waals surface area contributed by atoms with Gasteiger partial charge in [-0.15, -0.1) is 0 Å². The van der Waals surface area contributed by atoms with Crippen LogP contribution in [-0.4, -0.2) is 4.98 Å². The summed E-state index contributed by atoms with van der Waals surface area (Å²) in [6, 6.07) is 7.89. The second-order valence-electron chi connectivity index (χ2n) is 3.80. The van der Waals surface area contributed by atoms with E-state index < -0.39 is 0 Å². The molecular formula is C12H13ClN2OS. The molecule has 0 amide bonds. The fourth-order valence-electron chi connectivity index (χ4n) is 1.60. The van der Waals surface area contributed by atoms with Crippen LogP contribution in [0.1, 0.15) is 24.2 Å². The third-order valence-electron chi connectivity index (χ3n) is 2.54. The number of aromatic nitrogens is 1. The molecule has 1 aromatic heterocycles. The first-order valence-corrected chi connectivity index (χ1v) is 6.57. The highest BCUT2D eigenvalue weighted by Gasteiger charge is 2.08. The summed E-state index contributed by atoms with van der Waals surface area (Å²) in [6.45, 7) is 2.68. The minimum absolute atomic E-state index is 0.0211. The Bertz CT molecular complexity index is 549. The van der Waals surface area contributed by atoms with Crippen LogP contribution in [0.15, 0.2) is 34.4 Å². The molecule has 0 radical (unpaired) electrons. The Balaban J connectivity index is 2.00. The molecule has 0 saturated heterocycles. The highest BCUT2D eigenvalue weighted by Crippen LogP contribution is 2.22. The summed E-state index contributed by atoms with van der Waals surface area (Å²) in [7, 11) is 0. The Hall–Kier alpha value is -1.10. The van der Waals surface area contributed by atoms with Crippen molar-refractivity contribution in [3.63, 3.8) is 0 Å². The van der Waals surface area contributed by atoms with E-state index in [0.717, 1.165) is 16.3 Å². The summed E-state index contributed by atoms with van der Waals surface area (Å²) in [6.07, 6.45) is 0.